The summed E-state index contributed by atoms with van der Waals surface area (Å²) in [7, 11) is 0. The van der Waals surface area contributed by atoms with Crippen LogP contribution in [0.15, 0.2) is 9.90 Å². The molecule has 0 atom stereocenters. The topological polar surface area (TPSA) is 37.3 Å². The van der Waals surface area contributed by atoms with E-state index in [-0.39, 0.29) is 10.2 Å². The fourth-order valence-corrected chi connectivity index (χ4v) is 0.906. The lowest BCUT2D eigenvalue weighted by molar-refractivity contribution is -0.133. The number of carboxylic acids is 1. The quantitative estimate of drug-likeness (QED) is 0.734. The highest BCUT2D eigenvalue weighted by molar-refractivity contribution is 8.02. The van der Waals surface area contributed by atoms with Crippen LogP contribution in [0.2, 0.25) is 0 Å². The van der Waals surface area contributed by atoms with Crippen LogP contribution in [0, 0.1) is 0 Å². The lowest BCUT2D eigenvalue weighted by atomic mass is 10.8. The standard InChI is InChI=1S/C4H4Cl2O2S/c5-3(6)1-9-2-4(7)8/h1H,2H2,(H,7,8). The van der Waals surface area contributed by atoms with E-state index in [4.69, 9.17) is 28.3 Å². The summed E-state index contributed by atoms with van der Waals surface area (Å²) in [6, 6.07) is 0. The van der Waals surface area contributed by atoms with E-state index < -0.39 is 5.97 Å². The average Bonchev–Trinajstić information content (AvgIpc) is 1.63. The molecular formula is C4H4Cl2O2S. The fraction of sp³-hybridized carbons (Fsp3) is 0.250. The molecule has 0 saturated carbocycles. The lowest BCUT2D eigenvalue weighted by Crippen LogP contribution is -1.95. The van der Waals surface area contributed by atoms with Crippen molar-refractivity contribution >= 4 is 40.9 Å². The molecule has 0 saturated heterocycles. The van der Waals surface area contributed by atoms with Gasteiger partial charge in [-0.2, -0.15) is 0 Å². The van der Waals surface area contributed by atoms with Crippen molar-refractivity contribution in [1.29, 1.82) is 0 Å². The zero-order valence-corrected chi connectivity index (χ0v) is 6.63. The third-order valence-corrected chi connectivity index (χ3v) is 1.67. The van der Waals surface area contributed by atoms with Gasteiger partial charge in [0.25, 0.3) is 0 Å². The summed E-state index contributed by atoms with van der Waals surface area (Å²) in [5.41, 5.74) is 0. The number of hydrogen-bond donors (Lipinski definition) is 1. The molecule has 2 nitrogen and oxygen atoms in total. The predicted molar refractivity (Wildman–Crippen MR) is 39.9 cm³/mol. The maximum atomic E-state index is 9.84. The molecule has 0 fully saturated rings. The van der Waals surface area contributed by atoms with Crippen LogP contribution in [0.25, 0.3) is 0 Å². The number of carbonyl (C=O) groups is 1. The molecule has 0 rings (SSSR count). The molecule has 1 N–H and O–H groups in total. The summed E-state index contributed by atoms with van der Waals surface area (Å²) < 4.78 is 0.0845. The van der Waals surface area contributed by atoms with Crippen LogP contribution in [-0.2, 0) is 4.79 Å². The molecule has 0 heterocycles. The summed E-state index contributed by atoms with van der Waals surface area (Å²) in [5.74, 6) is -0.894. The Morgan fingerprint density at radius 1 is 1.67 bits per heavy atom. The van der Waals surface area contributed by atoms with Gasteiger partial charge in [0, 0.05) is 5.41 Å². The highest BCUT2D eigenvalue weighted by Gasteiger charge is 1.93. The Hall–Kier alpha value is 0.140. The number of halogens is 2. The summed E-state index contributed by atoms with van der Waals surface area (Å²) in [5, 5.41) is 9.46. The Labute approximate surface area is 66.8 Å². The maximum absolute atomic E-state index is 9.84. The number of aliphatic carboxylic acids is 1. The number of carboxylic acid groups (broad SMARTS) is 1. The summed E-state index contributed by atoms with van der Waals surface area (Å²) in [6.45, 7) is 0. The van der Waals surface area contributed by atoms with E-state index >= 15 is 0 Å². The van der Waals surface area contributed by atoms with E-state index in [0.29, 0.717) is 0 Å². The summed E-state index contributed by atoms with van der Waals surface area (Å²) >= 11 is 11.4. The van der Waals surface area contributed by atoms with Gasteiger partial charge in [0.15, 0.2) is 0 Å². The van der Waals surface area contributed by atoms with Crippen molar-refractivity contribution in [3.05, 3.63) is 9.90 Å². The molecule has 0 aromatic rings. The summed E-state index contributed by atoms with van der Waals surface area (Å²) in [6.07, 6.45) is 0. The van der Waals surface area contributed by atoms with Crippen molar-refractivity contribution in [3.63, 3.8) is 0 Å². The minimum atomic E-state index is -0.883. The smallest absolute Gasteiger partial charge is 0.313 e. The van der Waals surface area contributed by atoms with Gasteiger partial charge in [0.2, 0.25) is 0 Å². The number of thioether (sulfide) groups is 1. The van der Waals surface area contributed by atoms with Gasteiger partial charge in [-0.3, -0.25) is 4.79 Å². The Kier molecular flexibility index (Phi) is 5.04. The molecule has 9 heavy (non-hydrogen) atoms. The lowest BCUT2D eigenvalue weighted by Gasteiger charge is -1.85. The molecule has 5 heteroatoms. The van der Waals surface area contributed by atoms with Crippen LogP contribution in [0.4, 0.5) is 0 Å². The van der Waals surface area contributed by atoms with Crippen molar-refractivity contribution in [2.45, 2.75) is 0 Å². The Bertz CT molecular complexity index is 131. The largest absolute Gasteiger partial charge is 0.481 e. The van der Waals surface area contributed by atoms with Gasteiger partial charge in [-0.1, -0.05) is 23.2 Å². The molecule has 52 valence electrons. The van der Waals surface area contributed by atoms with E-state index in [2.05, 4.69) is 0 Å². The first-order chi connectivity index (χ1) is 4.13. The highest BCUT2D eigenvalue weighted by Crippen LogP contribution is 2.13. The van der Waals surface area contributed by atoms with Gasteiger partial charge in [0.1, 0.15) is 4.49 Å². The SMILES string of the molecule is O=C(O)CSC=C(Cl)Cl. The first kappa shape index (κ1) is 9.14. The van der Waals surface area contributed by atoms with Crippen molar-refractivity contribution in [2.75, 3.05) is 5.75 Å². The average molecular weight is 187 g/mol. The van der Waals surface area contributed by atoms with Crippen LogP contribution in [-0.4, -0.2) is 16.8 Å². The van der Waals surface area contributed by atoms with E-state index in [1.54, 1.807) is 0 Å². The Morgan fingerprint density at radius 2 is 2.22 bits per heavy atom. The highest BCUT2D eigenvalue weighted by atomic mass is 35.5. The number of hydrogen-bond acceptors (Lipinski definition) is 2. The first-order valence-electron chi connectivity index (χ1n) is 1.97. The van der Waals surface area contributed by atoms with E-state index in [9.17, 15) is 4.79 Å². The van der Waals surface area contributed by atoms with E-state index in [1.165, 1.54) is 5.41 Å². The van der Waals surface area contributed by atoms with Crippen LogP contribution in [0.3, 0.4) is 0 Å². The van der Waals surface area contributed by atoms with Crippen LogP contribution < -0.4 is 0 Å². The second-order valence-corrected chi connectivity index (χ2v) is 2.98. The van der Waals surface area contributed by atoms with Gasteiger partial charge in [-0.15, -0.1) is 11.8 Å². The molecule has 0 aliphatic rings. The van der Waals surface area contributed by atoms with Crippen molar-refractivity contribution in [2.24, 2.45) is 0 Å². The molecule has 0 aliphatic heterocycles. The van der Waals surface area contributed by atoms with Gasteiger partial charge >= 0.3 is 5.97 Å². The van der Waals surface area contributed by atoms with Gasteiger partial charge in [0.05, 0.1) is 5.75 Å². The van der Waals surface area contributed by atoms with Crippen LogP contribution in [0.5, 0.6) is 0 Å². The second-order valence-electron chi connectivity index (χ2n) is 1.11. The maximum Gasteiger partial charge on any atom is 0.313 e. The molecule has 0 aromatic carbocycles. The predicted octanol–water partition coefficient (Wildman–Crippen LogP) is 2.08. The molecule has 0 aromatic heterocycles. The zero-order chi connectivity index (χ0) is 7.28. The van der Waals surface area contributed by atoms with E-state index in [1.807, 2.05) is 0 Å². The summed E-state index contributed by atoms with van der Waals surface area (Å²) in [4.78, 5) is 9.84. The van der Waals surface area contributed by atoms with Crippen molar-refractivity contribution in [1.82, 2.24) is 0 Å². The van der Waals surface area contributed by atoms with Gasteiger partial charge < -0.3 is 5.11 Å². The molecule has 0 aliphatic carbocycles. The Morgan fingerprint density at radius 3 is 2.56 bits per heavy atom. The van der Waals surface area contributed by atoms with Crippen molar-refractivity contribution < 1.29 is 9.90 Å². The van der Waals surface area contributed by atoms with Gasteiger partial charge in [-0.25, -0.2) is 0 Å². The normalized spacial score (nSPS) is 8.67. The minimum absolute atomic E-state index is 0.0110. The second kappa shape index (κ2) is 4.97. The molecule has 0 radical (unpaired) electrons. The van der Waals surface area contributed by atoms with E-state index in [0.717, 1.165) is 11.8 Å². The first-order valence-corrected chi connectivity index (χ1v) is 3.78. The van der Waals surface area contributed by atoms with Gasteiger partial charge in [-0.05, 0) is 0 Å². The molecule has 0 unspecified atom stereocenters. The fourth-order valence-electron chi connectivity index (χ4n) is 0.176. The zero-order valence-electron chi connectivity index (χ0n) is 4.30. The number of rotatable bonds is 3. The minimum Gasteiger partial charge on any atom is -0.481 e. The molecular weight excluding hydrogens is 183 g/mol. The third kappa shape index (κ3) is 8.14. The molecule has 0 spiro atoms. The Balaban J connectivity index is 3.31. The van der Waals surface area contributed by atoms with Crippen LogP contribution >= 0.6 is 35.0 Å². The molecule has 0 bridgehead atoms. The third-order valence-electron chi connectivity index (χ3n) is 0.379. The molecule has 0 amide bonds. The van der Waals surface area contributed by atoms with Crippen molar-refractivity contribution in [3.8, 4) is 0 Å². The van der Waals surface area contributed by atoms with Crippen LogP contribution in [0.1, 0.15) is 0 Å². The monoisotopic (exact) mass is 186 g/mol.